The maximum absolute atomic E-state index is 12.1. The van der Waals surface area contributed by atoms with Crippen LogP contribution in [-0.2, 0) is 16.6 Å². The molecule has 1 aromatic rings. The van der Waals surface area contributed by atoms with Gasteiger partial charge in [0, 0.05) is 27.2 Å². The van der Waals surface area contributed by atoms with Crippen LogP contribution in [0.15, 0.2) is 29.2 Å². The zero-order valence-corrected chi connectivity index (χ0v) is 13.7. The van der Waals surface area contributed by atoms with Gasteiger partial charge in [-0.25, -0.2) is 12.7 Å². The lowest BCUT2D eigenvalue weighted by molar-refractivity contribution is 0.0259. The van der Waals surface area contributed by atoms with Crippen LogP contribution in [0.5, 0.6) is 0 Å². The summed E-state index contributed by atoms with van der Waals surface area (Å²) in [5.74, 6) is 0.335. The van der Waals surface area contributed by atoms with E-state index in [0.29, 0.717) is 23.9 Å². The van der Waals surface area contributed by atoms with Gasteiger partial charge in [0.1, 0.15) is 0 Å². The Morgan fingerprint density at radius 3 is 2.71 bits per heavy atom. The van der Waals surface area contributed by atoms with Crippen LogP contribution in [-0.4, -0.2) is 56.0 Å². The van der Waals surface area contributed by atoms with E-state index in [9.17, 15) is 13.5 Å². The number of rotatable bonds is 4. The summed E-state index contributed by atoms with van der Waals surface area (Å²) in [6, 6.07) is 7.04. The van der Waals surface area contributed by atoms with Gasteiger partial charge in [0.2, 0.25) is 10.0 Å². The smallest absolute Gasteiger partial charge is 0.242 e. The first-order valence-corrected chi connectivity index (χ1v) is 8.66. The number of sulfonamides is 1. The van der Waals surface area contributed by atoms with E-state index in [4.69, 9.17) is 0 Å². The van der Waals surface area contributed by atoms with E-state index in [-0.39, 0.29) is 6.10 Å². The van der Waals surface area contributed by atoms with Crippen LogP contribution < -0.4 is 0 Å². The van der Waals surface area contributed by atoms with E-state index in [2.05, 4.69) is 11.8 Å². The topological polar surface area (TPSA) is 60.9 Å². The summed E-state index contributed by atoms with van der Waals surface area (Å²) in [4.78, 5) is 2.49. The number of aliphatic hydroxyl groups excluding tert-OH is 1. The van der Waals surface area contributed by atoms with Gasteiger partial charge in [-0.05, 0) is 36.6 Å². The molecule has 21 heavy (non-hydrogen) atoms. The van der Waals surface area contributed by atoms with Crippen molar-refractivity contribution in [3.8, 4) is 0 Å². The molecular formula is C15H24N2O3S. The third-order valence-electron chi connectivity index (χ3n) is 4.09. The molecule has 1 aliphatic heterocycles. The summed E-state index contributed by atoms with van der Waals surface area (Å²) in [7, 11) is -0.330. The van der Waals surface area contributed by atoms with Crippen LogP contribution >= 0.6 is 0 Å². The molecule has 2 atom stereocenters. The maximum Gasteiger partial charge on any atom is 0.242 e. The molecule has 2 rings (SSSR count). The predicted octanol–water partition coefficient (Wildman–Crippen LogP) is 1.14. The summed E-state index contributed by atoms with van der Waals surface area (Å²) in [6.45, 7) is 4.31. The molecule has 1 aliphatic rings. The zero-order valence-electron chi connectivity index (χ0n) is 12.9. The second-order valence-electron chi connectivity index (χ2n) is 6.00. The maximum atomic E-state index is 12.1. The van der Waals surface area contributed by atoms with Crippen molar-refractivity contribution in [1.82, 2.24) is 9.21 Å². The molecule has 0 bridgehead atoms. The van der Waals surface area contributed by atoms with E-state index in [1.165, 1.54) is 18.4 Å². The van der Waals surface area contributed by atoms with Crippen LogP contribution in [0.3, 0.4) is 0 Å². The molecule has 1 heterocycles. The lowest BCUT2D eigenvalue weighted by Crippen LogP contribution is -2.42. The third kappa shape index (κ3) is 3.83. The third-order valence-corrected chi connectivity index (χ3v) is 5.90. The average Bonchev–Trinajstić information content (AvgIpc) is 2.43. The number of nitrogens with zero attached hydrogens (tertiary/aromatic N) is 2. The molecule has 0 spiro atoms. The van der Waals surface area contributed by atoms with Gasteiger partial charge in [-0.3, -0.25) is 4.90 Å². The van der Waals surface area contributed by atoms with Crippen LogP contribution in [0.2, 0.25) is 0 Å². The van der Waals surface area contributed by atoms with Crippen molar-refractivity contribution >= 4 is 10.0 Å². The molecule has 0 radical (unpaired) electrons. The largest absolute Gasteiger partial charge is 0.392 e. The Hall–Kier alpha value is -0.950. The zero-order chi connectivity index (χ0) is 15.6. The monoisotopic (exact) mass is 312 g/mol. The molecule has 6 heteroatoms. The normalized spacial score (nSPS) is 24.4. The minimum atomic E-state index is -3.39. The molecule has 0 aliphatic carbocycles. The summed E-state index contributed by atoms with van der Waals surface area (Å²) in [5.41, 5.74) is 0.958. The fourth-order valence-electron chi connectivity index (χ4n) is 2.53. The van der Waals surface area contributed by atoms with Crippen molar-refractivity contribution in [3.05, 3.63) is 29.8 Å². The highest BCUT2D eigenvalue weighted by atomic mass is 32.2. The second kappa shape index (κ2) is 6.44. The molecule has 0 aromatic heterocycles. The van der Waals surface area contributed by atoms with Crippen molar-refractivity contribution in [2.24, 2.45) is 5.92 Å². The van der Waals surface area contributed by atoms with Gasteiger partial charge >= 0.3 is 0 Å². The highest BCUT2D eigenvalue weighted by molar-refractivity contribution is 7.89. The SMILES string of the molecule is CC1CCN(Cc2cccc(S(=O)(=O)N(C)C)c2)CC1O. The lowest BCUT2D eigenvalue weighted by atomic mass is 9.96. The van der Waals surface area contributed by atoms with E-state index in [1.54, 1.807) is 18.2 Å². The Morgan fingerprint density at radius 1 is 1.38 bits per heavy atom. The molecule has 0 amide bonds. The minimum Gasteiger partial charge on any atom is -0.392 e. The minimum absolute atomic E-state index is 0.299. The molecule has 1 aromatic carbocycles. The molecule has 2 unspecified atom stereocenters. The Bertz CT molecular complexity index is 586. The number of β-amino-alcohol motifs (C(OH)–C–C–N with tert-alkyl or cyclic N) is 1. The van der Waals surface area contributed by atoms with Gasteiger partial charge in [-0.1, -0.05) is 19.1 Å². The quantitative estimate of drug-likeness (QED) is 0.906. The molecule has 1 saturated heterocycles. The summed E-state index contributed by atoms with van der Waals surface area (Å²) in [6.07, 6.45) is 0.670. The van der Waals surface area contributed by atoms with Gasteiger partial charge in [0.25, 0.3) is 0 Å². The Balaban J connectivity index is 2.12. The fraction of sp³-hybridized carbons (Fsp3) is 0.600. The number of benzene rings is 1. The van der Waals surface area contributed by atoms with Crippen LogP contribution in [0.25, 0.3) is 0 Å². The highest BCUT2D eigenvalue weighted by Gasteiger charge is 2.24. The standard InChI is InChI=1S/C15H24N2O3S/c1-12-7-8-17(11-15(12)18)10-13-5-4-6-14(9-13)21(19,20)16(2)3/h4-6,9,12,15,18H,7-8,10-11H2,1-3H3. The van der Waals surface area contributed by atoms with Gasteiger partial charge in [-0.15, -0.1) is 0 Å². The number of hydrogen-bond acceptors (Lipinski definition) is 4. The van der Waals surface area contributed by atoms with Crippen molar-refractivity contribution < 1.29 is 13.5 Å². The van der Waals surface area contributed by atoms with E-state index in [1.807, 2.05) is 6.07 Å². The van der Waals surface area contributed by atoms with Crippen molar-refractivity contribution in [2.75, 3.05) is 27.2 Å². The Kier molecular flexibility index (Phi) is 5.03. The molecule has 0 saturated carbocycles. The van der Waals surface area contributed by atoms with Crippen LogP contribution in [0, 0.1) is 5.92 Å². The first-order valence-electron chi connectivity index (χ1n) is 7.22. The number of likely N-dealkylation sites (tertiary alicyclic amines) is 1. The molecule has 1 fully saturated rings. The fourth-order valence-corrected chi connectivity index (χ4v) is 3.50. The number of aliphatic hydroxyl groups is 1. The highest BCUT2D eigenvalue weighted by Crippen LogP contribution is 2.20. The first kappa shape index (κ1) is 16.4. The first-order chi connectivity index (χ1) is 9.80. The Labute approximate surface area is 127 Å². The molecular weight excluding hydrogens is 288 g/mol. The summed E-state index contributed by atoms with van der Waals surface area (Å²) < 4.78 is 25.5. The average molecular weight is 312 g/mol. The van der Waals surface area contributed by atoms with Crippen LogP contribution in [0.4, 0.5) is 0 Å². The number of hydrogen-bond donors (Lipinski definition) is 1. The summed E-state index contributed by atoms with van der Waals surface area (Å²) >= 11 is 0. The predicted molar refractivity (Wildman–Crippen MR) is 82.4 cm³/mol. The van der Waals surface area contributed by atoms with Crippen molar-refractivity contribution in [1.29, 1.82) is 0 Å². The van der Waals surface area contributed by atoms with Gasteiger partial charge in [-0.2, -0.15) is 0 Å². The number of piperidine rings is 1. The van der Waals surface area contributed by atoms with Crippen molar-refractivity contribution in [2.45, 2.75) is 30.9 Å². The molecule has 118 valence electrons. The summed E-state index contributed by atoms with van der Waals surface area (Å²) in [5, 5.41) is 9.94. The Morgan fingerprint density at radius 2 is 2.10 bits per heavy atom. The molecule has 5 nitrogen and oxygen atoms in total. The lowest BCUT2D eigenvalue weighted by Gasteiger charge is -2.34. The van der Waals surface area contributed by atoms with Crippen LogP contribution in [0.1, 0.15) is 18.9 Å². The van der Waals surface area contributed by atoms with Gasteiger partial charge < -0.3 is 5.11 Å². The van der Waals surface area contributed by atoms with E-state index >= 15 is 0 Å². The van der Waals surface area contributed by atoms with Gasteiger partial charge in [0.15, 0.2) is 0 Å². The van der Waals surface area contributed by atoms with Crippen molar-refractivity contribution in [3.63, 3.8) is 0 Å². The second-order valence-corrected chi connectivity index (χ2v) is 8.16. The molecule has 1 N–H and O–H groups in total. The van der Waals surface area contributed by atoms with E-state index in [0.717, 1.165) is 18.5 Å². The van der Waals surface area contributed by atoms with Gasteiger partial charge in [0.05, 0.1) is 11.0 Å². The van der Waals surface area contributed by atoms with E-state index < -0.39 is 10.0 Å².